The molecule has 0 aliphatic heterocycles. The van der Waals surface area contributed by atoms with Crippen LogP contribution in [0.1, 0.15) is 15.9 Å². The molecule has 0 saturated heterocycles. The summed E-state index contributed by atoms with van der Waals surface area (Å²) in [6, 6.07) is 5.60. The van der Waals surface area contributed by atoms with Crippen LogP contribution in [-0.4, -0.2) is 10.7 Å². The number of rotatable bonds is 3. The Labute approximate surface area is 111 Å². The van der Waals surface area contributed by atoms with Crippen LogP contribution in [-0.2, 0) is 0 Å². The van der Waals surface area contributed by atoms with E-state index in [1.165, 1.54) is 6.07 Å². The Hall–Kier alpha value is -2.83. The highest BCUT2D eigenvalue weighted by Gasteiger charge is 2.18. The molecule has 0 spiro atoms. The number of benzene rings is 2. The number of nitro benzene ring substituents is 1. The maximum absolute atomic E-state index is 13.1. The lowest BCUT2D eigenvalue weighted by molar-refractivity contribution is -0.384. The van der Waals surface area contributed by atoms with E-state index in [0.29, 0.717) is 6.07 Å². The molecular weight excluding hydrogens is 270 g/mol. The number of nitrogens with zero attached hydrogens (tertiary/aromatic N) is 1. The summed E-state index contributed by atoms with van der Waals surface area (Å²) in [7, 11) is 0. The third kappa shape index (κ3) is 2.61. The molecule has 2 aromatic rings. The number of non-ortho nitro benzene ring substituents is 1. The van der Waals surface area contributed by atoms with E-state index in [2.05, 4.69) is 0 Å². The third-order valence-corrected chi connectivity index (χ3v) is 2.62. The number of ketones is 1. The van der Waals surface area contributed by atoms with Crippen molar-refractivity contribution in [3.63, 3.8) is 0 Å². The first kappa shape index (κ1) is 13.6. The zero-order valence-corrected chi connectivity index (χ0v) is 9.97. The topological polar surface area (TPSA) is 86.2 Å². The van der Waals surface area contributed by atoms with E-state index in [-0.39, 0.29) is 22.5 Å². The minimum Gasteiger partial charge on any atom is -0.398 e. The van der Waals surface area contributed by atoms with Gasteiger partial charge in [0, 0.05) is 29.4 Å². The highest BCUT2D eigenvalue weighted by Crippen LogP contribution is 2.23. The lowest BCUT2D eigenvalue weighted by atomic mass is 10.0. The van der Waals surface area contributed by atoms with E-state index in [0.717, 1.165) is 24.3 Å². The minimum absolute atomic E-state index is 0.00901. The first-order valence-electron chi connectivity index (χ1n) is 5.43. The number of hydrogen-bond acceptors (Lipinski definition) is 4. The summed E-state index contributed by atoms with van der Waals surface area (Å²) in [5, 5.41) is 10.7. The summed E-state index contributed by atoms with van der Waals surface area (Å²) < 4.78 is 26.2. The SMILES string of the molecule is Nc1ccc([N+](=O)[O-])cc1C(=O)c1cc(F)cc(F)c1. The van der Waals surface area contributed by atoms with Crippen molar-refractivity contribution in [3.8, 4) is 0 Å². The van der Waals surface area contributed by atoms with Crippen LogP contribution < -0.4 is 5.73 Å². The molecule has 7 heteroatoms. The first-order valence-corrected chi connectivity index (χ1v) is 5.43. The summed E-state index contributed by atoms with van der Waals surface area (Å²) in [6.45, 7) is 0. The van der Waals surface area contributed by atoms with Crippen LogP contribution in [0, 0.1) is 21.7 Å². The number of anilines is 1. The van der Waals surface area contributed by atoms with Crippen molar-refractivity contribution in [3.05, 3.63) is 69.3 Å². The summed E-state index contributed by atoms with van der Waals surface area (Å²) in [5.74, 6) is -2.63. The van der Waals surface area contributed by atoms with Crippen molar-refractivity contribution in [2.24, 2.45) is 0 Å². The van der Waals surface area contributed by atoms with E-state index in [1.807, 2.05) is 0 Å². The van der Waals surface area contributed by atoms with Gasteiger partial charge in [0.1, 0.15) is 11.6 Å². The van der Waals surface area contributed by atoms with Gasteiger partial charge in [0.25, 0.3) is 5.69 Å². The second-order valence-electron chi connectivity index (χ2n) is 4.02. The normalized spacial score (nSPS) is 10.3. The van der Waals surface area contributed by atoms with Crippen molar-refractivity contribution in [1.29, 1.82) is 0 Å². The molecule has 0 saturated carbocycles. The van der Waals surface area contributed by atoms with Gasteiger partial charge in [-0.2, -0.15) is 0 Å². The second kappa shape index (κ2) is 5.04. The average molecular weight is 278 g/mol. The van der Waals surface area contributed by atoms with Crippen LogP contribution in [0.5, 0.6) is 0 Å². The molecule has 102 valence electrons. The molecule has 0 aliphatic rings. The van der Waals surface area contributed by atoms with Crippen molar-refractivity contribution in [1.82, 2.24) is 0 Å². The number of carbonyl (C=O) groups excluding carboxylic acids is 1. The standard InChI is InChI=1S/C13H8F2N2O3/c14-8-3-7(4-9(15)5-8)13(18)11-6-10(17(19)20)1-2-12(11)16/h1-6H,16H2. The summed E-state index contributed by atoms with van der Waals surface area (Å²) in [6.07, 6.45) is 0. The molecule has 0 bridgehead atoms. The number of halogens is 2. The number of carbonyl (C=O) groups is 1. The zero-order chi connectivity index (χ0) is 14.9. The molecule has 0 heterocycles. The highest BCUT2D eigenvalue weighted by molar-refractivity contribution is 6.12. The van der Waals surface area contributed by atoms with Gasteiger partial charge in [0.15, 0.2) is 5.78 Å². The van der Waals surface area contributed by atoms with Crippen molar-refractivity contribution in [2.75, 3.05) is 5.73 Å². The van der Waals surface area contributed by atoms with Crippen molar-refractivity contribution >= 4 is 17.2 Å². The van der Waals surface area contributed by atoms with Gasteiger partial charge in [-0.3, -0.25) is 14.9 Å². The predicted molar refractivity (Wildman–Crippen MR) is 67.3 cm³/mol. The molecule has 5 nitrogen and oxygen atoms in total. The van der Waals surface area contributed by atoms with Gasteiger partial charge in [-0.15, -0.1) is 0 Å². The minimum atomic E-state index is -0.919. The van der Waals surface area contributed by atoms with Crippen molar-refractivity contribution < 1.29 is 18.5 Å². The summed E-state index contributed by atoms with van der Waals surface area (Å²) in [4.78, 5) is 22.1. The number of hydrogen-bond donors (Lipinski definition) is 1. The Kier molecular flexibility index (Phi) is 3.43. The summed E-state index contributed by atoms with van der Waals surface area (Å²) >= 11 is 0. The quantitative estimate of drug-likeness (QED) is 0.405. The molecular formula is C13H8F2N2O3. The fourth-order valence-electron chi connectivity index (χ4n) is 1.69. The molecule has 0 aliphatic carbocycles. The van der Waals surface area contributed by atoms with Gasteiger partial charge in [-0.05, 0) is 18.2 Å². The number of nitrogen functional groups attached to an aromatic ring is 1. The van der Waals surface area contributed by atoms with Gasteiger partial charge >= 0.3 is 0 Å². The van der Waals surface area contributed by atoms with Crippen LogP contribution >= 0.6 is 0 Å². The monoisotopic (exact) mass is 278 g/mol. The van der Waals surface area contributed by atoms with Crippen LogP contribution in [0.3, 0.4) is 0 Å². The van der Waals surface area contributed by atoms with E-state index in [4.69, 9.17) is 5.73 Å². The number of nitrogens with two attached hydrogens (primary N) is 1. The second-order valence-corrected chi connectivity index (χ2v) is 4.02. The van der Waals surface area contributed by atoms with Crippen LogP contribution in [0.2, 0.25) is 0 Å². The van der Waals surface area contributed by atoms with E-state index in [1.54, 1.807) is 0 Å². The van der Waals surface area contributed by atoms with Gasteiger partial charge < -0.3 is 5.73 Å². The molecule has 2 N–H and O–H groups in total. The molecule has 2 aromatic carbocycles. The molecule has 0 fully saturated rings. The molecule has 20 heavy (non-hydrogen) atoms. The Morgan fingerprint density at radius 3 is 2.25 bits per heavy atom. The van der Waals surface area contributed by atoms with E-state index >= 15 is 0 Å². The summed E-state index contributed by atoms with van der Waals surface area (Å²) in [5.41, 5.74) is 4.78. The van der Waals surface area contributed by atoms with Gasteiger partial charge in [0.2, 0.25) is 0 Å². The molecule has 0 unspecified atom stereocenters. The van der Waals surface area contributed by atoms with Gasteiger partial charge in [-0.1, -0.05) is 0 Å². The Balaban J connectivity index is 2.52. The van der Waals surface area contributed by atoms with Crippen LogP contribution in [0.4, 0.5) is 20.2 Å². The maximum atomic E-state index is 13.1. The number of nitro groups is 1. The van der Waals surface area contributed by atoms with Gasteiger partial charge in [0.05, 0.1) is 10.5 Å². The Bertz CT molecular complexity index is 697. The van der Waals surface area contributed by atoms with E-state index < -0.39 is 22.3 Å². The Morgan fingerprint density at radius 1 is 1.10 bits per heavy atom. The largest absolute Gasteiger partial charge is 0.398 e. The maximum Gasteiger partial charge on any atom is 0.270 e. The molecule has 0 radical (unpaired) electrons. The first-order chi connectivity index (χ1) is 9.38. The fourth-order valence-corrected chi connectivity index (χ4v) is 1.69. The lowest BCUT2D eigenvalue weighted by Gasteiger charge is -2.05. The van der Waals surface area contributed by atoms with Crippen molar-refractivity contribution in [2.45, 2.75) is 0 Å². The molecule has 0 amide bonds. The van der Waals surface area contributed by atoms with Crippen LogP contribution in [0.15, 0.2) is 36.4 Å². The zero-order valence-electron chi connectivity index (χ0n) is 9.97. The fraction of sp³-hybridized carbons (Fsp3) is 0. The van der Waals surface area contributed by atoms with E-state index in [9.17, 15) is 23.7 Å². The molecule has 0 atom stereocenters. The van der Waals surface area contributed by atoms with Crippen LogP contribution in [0.25, 0.3) is 0 Å². The lowest BCUT2D eigenvalue weighted by Crippen LogP contribution is -2.07. The highest BCUT2D eigenvalue weighted by atomic mass is 19.1. The molecule has 0 aromatic heterocycles. The molecule has 2 rings (SSSR count). The Morgan fingerprint density at radius 2 is 1.70 bits per heavy atom. The predicted octanol–water partition coefficient (Wildman–Crippen LogP) is 2.69. The third-order valence-electron chi connectivity index (χ3n) is 2.62. The average Bonchev–Trinajstić information content (AvgIpc) is 2.37. The van der Waals surface area contributed by atoms with Gasteiger partial charge in [-0.25, -0.2) is 8.78 Å². The smallest absolute Gasteiger partial charge is 0.270 e.